The molecule has 2 unspecified atom stereocenters. The average Bonchev–Trinajstić information content (AvgIpc) is 2.60. The van der Waals surface area contributed by atoms with Gasteiger partial charge in [0.2, 0.25) is 0 Å². The number of phenolic OH excluding ortho intramolecular Hbond substituents is 1. The lowest BCUT2D eigenvalue weighted by molar-refractivity contribution is 0.410. The van der Waals surface area contributed by atoms with E-state index in [0.29, 0.717) is 12.6 Å². The number of thioether (sulfide) groups is 1. The van der Waals surface area contributed by atoms with Crippen molar-refractivity contribution in [2.24, 2.45) is 4.99 Å². The molecule has 0 amide bonds. The Kier molecular flexibility index (Phi) is 7.56. The highest BCUT2D eigenvalue weighted by atomic mass is 32.2. The molecule has 0 saturated heterocycles. The number of nitrogens with one attached hydrogen (secondary N) is 2. The van der Waals surface area contributed by atoms with E-state index < -0.39 is 0 Å². The van der Waals surface area contributed by atoms with Crippen LogP contribution >= 0.6 is 11.8 Å². The van der Waals surface area contributed by atoms with Crippen LogP contribution in [0, 0.1) is 0 Å². The summed E-state index contributed by atoms with van der Waals surface area (Å²) in [7, 11) is 3.40. The molecule has 3 N–H and O–H groups in total. The van der Waals surface area contributed by atoms with Crippen molar-refractivity contribution < 1.29 is 9.84 Å². The number of rotatable bonds is 6. The van der Waals surface area contributed by atoms with E-state index in [1.54, 1.807) is 26.3 Å². The van der Waals surface area contributed by atoms with Crippen molar-refractivity contribution in [1.82, 2.24) is 10.6 Å². The summed E-state index contributed by atoms with van der Waals surface area (Å²) in [6, 6.07) is 5.71. The molecule has 5 nitrogen and oxygen atoms in total. The zero-order valence-corrected chi connectivity index (χ0v) is 15.7. The van der Waals surface area contributed by atoms with Gasteiger partial charge < -0.3 is 20.5 Å². The fraction of sp³-hybridized carbons (Fsp3) is 0.611. The van der Waals surface area contributed by atoms with Gasteiger partial charge in [-0.25, -0.2) is 0 Å². The monoisotopic (exact) mass is 351 g/mol. The van der Waals surface area contributed by atoms with E-state index in [-0.39, 0.29) is 5.75 Å². The number of hydrogen-bond donors (Lipinski definition) is 3. The van der Waals surface area contributed by atoms with Crippen LogP contribution in [0.15, 0.2) is 23.2 Å². The molecule has 2 atom stereocenters. The third-order valence-corrected chi connectivity index (χ3v) is 5.56. The molecule has 1 fully saturated rings. The van der Waals surface area contributed by atoms with Crippen molar-refractivity contribution in [3.05, 3.63) is 23.8 Å². The van der Waals surface area contributed by atoms with Gasteiger partial charge in [-0.3, -0.25) is 4.99 Å². The van der Waals surface area contributed by atoms with Gasteiger partial charge in [0.05, 0.1) is 7.11 Å². The standard InChI is InChI=1S/C18H29N3O2S/c1-4-24-16-7-5-6-14(11-16)21-18(19-2)20-12-13-10-15(23-3)8-9-17(13)22/h8-10,14,16,22H,4-7,11-12H2,1-3H3,(H2,19,20,21). The fourth-order valence-electron chi connectivity index (χ4n) is 3.06. The fourth-order valence-corrected chi connectivity index (χ4v) is 4.23. The summed E-state index contributed by atoms with van der Waals surface area (Å²) in [5, 5.41) is 17.5. The van der Waals surface area contributed by atoms with Gasteiger partial charge in [0.25, 0.3) is 0 Å². The molecule has 2 rings (SSSR count). The number of guanidine groups is 1. The summed E-state index contributed by atoms with van der Waals surface area (Å²) >= 11 is 2.06. The van der Waals surface area contributed by atoms with Crippen LogP contribution in [0.25, 0.3) is 0 Å². The van der Waals surface area contributed by atoms with Crippen LogP contribution in [-0.2, 0) is 6.54 Å². The Morgan fingerprint density at radius 2 is 2.25 bits per heavy atom. The number of aliphatic imine (C=N–C) groups is 1. The van der Waals surface area contributed by atoms with Gasteiger partial charge in [-0.15, -0.1) is 0 Å². The lowest BCUT2D eigenvalue weighted by atomic mass is 9.95. The average molecular weight is 352 g/mol. The number of nitrogens with zero attached hydrogens (tertiary/aromatic N) is 1. The highest BCUT2D eigenvalue weighted by molar-refractivity contribution is 7.99. The third kappa shape index (κ3) is 5.51. The topological polar surface area (TPSA) is 65.9 Å². The van der Waals surface area contributed by atoms with E-state index in [1.807, 2.05) is 6.07 Å². The summed E-state index contributed by atoms with van der Waals surface area (Å²) in [5.74, 6) is 2.96. The first-order valence-electron chi connectivity index (χ1n) is 8.61. The summed E-state index contributed by atoms with van der Waals surface area (Å²) in [5.41, 5.74) is 0.792. The molecule has 1 aliphatic rings. The molecular weight excluding hydrogens is 322 g/mol. The number of hydrogen-bond acceptors (Lipinski definition) is 4. The minimum atomic E-state index is 0.260. The van der Waals surface area contributed by atoms with Crippen LogP contribution in [0.4, 0.5) is 0 Å². The second-order valence-electron chi connectivity index (χ2n) is 6.01. The maximum atomic E-state index is 9.97. The normalized spacial score (nSPS) is 21.4. The molecule has 0 aromatic heterocycles. The Hall–Kier alpha value is -1.56. The van der Waals surface area contributed by atoms with E-state index in [0.717, 1.165) is 22.5 Å². The molecule has 1 saturated carbocycles. The molecule has 0 heterocycles. The quantitative estimate of drug-likeness (QED) is 0.543. The Morgan fingerprint density at radius 1 is 1.42 bits per heavy atom. The third-order valence-electron chi connectivity index (χ3n) is 4.33. The van der Waals surface area contributed by atoms with Gasteiger partial charge in [-0.1, -0.05) is 13.3 Å². The molecule has 1 aromatic rings. The molecule has 0 spiro atoms. The summed E-state index contributed by atoms with van der Waals surface area (Å²) in [4.78, 5) is 4.32. The number of aromatic hydroxyl groups is 1. The molecule has 24 heavy (non-hydrogen) atoms. The van der Waals surface area contributed by atoms with Crippen molar-refractivity contribution in [3.8, 4) is 11.5 Å². The summed E-state index contributed by atoms with van der Waals surface area (Å²) in [6.45, 7) is 2.73. The minimum absolute atomic E-state index is 0.260. The first kappa shape index (κ1) is 18.8. The highest BCUT2D eigenvalue weighted by Gasteiger charge is 2.22. The molecule has 0 bridgehead atoms. The molecule has 0 aliphatic heterocycles. The molecule has 0 radical (unpaired) electrons. The van der Waals surface area contributed by atoms with Gasteiger partial charge in [0, 0.05) is 30.4 Å². The lowest BCUT2D eigenvalue weighted by Crippen LogP contribution is -2.45. The maximum absolute atomic E-state index is 9.97. The zero-order valence-electron chi connectivity index (χ0n) is 14.8. The van der Waals surface area contributed by atoms with Crippen LogP contribution in [0.1, 0.15) is 38.2 Å². The van der Waals surface area contributed by atoms with Gasteiger partial charge in [0.15, 0.2) is 5.96 Å². The van der Waals surface area contributed by atoms with Crippen LogP contribution in [0.5, 0.6) is 11.5 Å². The number of ether oxygens (including phenoxy) is 1. The summed E-state index contributed by atoms with van der Waals surface area (Å²) in [6.07, 6.45) is 4.96. The van der Waals surface area contributed by atoms with Crippen molar-refractivity contribution in [1.29, 1.82) is 0 Å². The lowest BCUT2D eigenvalue weighted by Gasteiger charge is -2.30. The Morgan fingerprint density at radius 3 is 2.96 bits per heavy atom. The van der Waals surface area contributed by atoms with Gasteiger partial charge in [-0.05, 0) is 43.2 Å². The zero-order chi connectivity index (χ0) is 17.4. The minimum Gasteiger partial charge on any atom is -0.508 e. The number of methoxy groups -OCH3 is 1. The van der Waals surface area contributed by atoms with Gasteiger partial charge >= 0.3 is 0 Å². The van der Waals surface area contributed by atoms with Crippen molar-refractivity contribution >= 4 is 17.7 Å². The summed E-state index contributed by atoms with van der Waals surface area (Å²) < 4.78 is 5.21. The Bertz CT molecular complexity index is 549. The molecule has 1 aromatic carbocycles. The molecule has 1 aliphatic carbocycles. The smallest absolute Gasteiger partial charge is 0.191 e. The largest absolute Gasteiger partial charge is 0.508 e. The van der Waals surface area contributed by atoms with E-state index in [2.05, 4.69) is 34.3 Å². The van der Waals surface area contributed by atoms with Crippen LogP contribution in [0.3, 0.4) is 0 Å². The van der Waals surface area contributed by atoms with Crippen molar-refractivity contribution in [3.63, 3.8) is 0 Å². The highest BCUT2D eigenvalue weighted by Crippen LogP contribution is 2.28. The van der Waals surface area contributed by atoms with Gasteiger partial charge in [-0.2, -0.15) is 11.8 Å². The van der Waals surface area contributed by atoms with Crippen LogP contribution in [0.2, 0.25) is 0 Å². The van der Waals surface area contributed by atoms with Crippen LogP contribution < -0.4 is 15.4 Å². The maximum Gasteiger partial charge on any atom is 0.191 e. The van der Waals surface area contributed by atoms with Crippen LogP contribution in [-0.4, -0.2) is 42.3 Å². The first-order chi connectivity index (χ1) is 11.7. The Labute approximate surface area is 149 Å². The SMILES string of the molecule is CCSC1CCCC(NC(=NC)NCc2cc(OC)ccc2O)C1. The van der Waals surface area contributed by atoms with E-state index in [9.17, 15) is 5.11 Å². The molecular formula is C18H29N3O2S. The molecule has 134 valence electrons. The first-order valence-corrected chi connectivity index (χ1v) is 9.65. The van der Waals surface area contributed by atoms with Gasteiger partial charge in [0.1, 0.15) is 11.5 Å². The van der Waals surface area contributed by atoms with E-state index >= 15 is 0 Å². The number of phenols is 1. The second kappa shape index (κ2) is 9.67. The second-order valence-corrected chi connectivity index (χ2v) is 7.58. The predicted octanol–water partition coefficient (Wildman–Crippen LogP) is 3.13. The van der Waals surface area contributed by atoms with Crippen molar-refractivity contribution in [2.45, 2.75) is 50.4 Å². The van der Waals surface area contributed by atoms with Crippen molar-refractivity contribution in [2.75, 3.05) is 19.9 Å². The predicted molar refractivity (Wildman–Crippen MR) is 102 cm³/mol. The number of benzene rings is 1. The molecule has 6 heteroatoms. The van der Waals surface area contributed by atoms with E-state index in [1.165, 1.54) is 31.4 Å². The van der Waals surface area contributed by atoms with E-state index in [4.69, 9.17) is 4.74 Å². The Balaban J connectivity index is 1.88.